The minimum atomic E-state index is -0.900. The minimum Gasteiger partial charge on any atom is -0.481 e. The fraction of sp³-hybridized carbons (Fsp3) is 0.857. The fourth-order valence-electron chi connectivity index (χ4n) is 2.13. The van der Waals surface area contributed by atoms with Crippen LogP contribution >= 0.6 is 0 Å². The van der Waals surface area contributed by atoms with E-state index in [1.54, 1.807) is 12.0 Å². The molecule has 1 atom stereocenters. The molecule has 1 unspecified atom stereocenters. The van der Waals surface area contributed by atoms with Crippen molar-refractivity contribution in [3.05, 3.63) is 0 Å². The first-order valence-corrected chi connectivity index (χ1v) is 7.27. The number of hydrogen-bond donors (Lipinski definition) is 2. The molecule has 2 amide bonds. The van der Waals surface area contributed by atoms with Crippen molar-refractivity contribution in [2.75, 3.05) is 20.3 Å². The van der Waals surface area contributed by atoms with Crippen LogP contribution in [-0.2, 0) is 9.53 Å². The summed E-state index contributed by atoms with van der Waals surface area (Å²) in [6.07, 6.45) is 2.27. The van der Waals surface area contributed by atoms with Crippen molar-refractivity contribution >= 4 is 12.0 Å². The average Bonchev–Trinajstić information content (AvgIpc) is 2.41. The molecule has 0 heterocycles. The Hall–Kier alpha value is -1.30. The van der Waals surface area contributed by atoms with Crippen LogP contribution < -0.4 is 5.32 Å². The number of aliphatic carboxylic acids is 1. The summed E-state index contributed by atoms with van der Waals surface area (Å²) >= 11 is 0. The Morgan fingerprint density at radius 2 is 1.80 bits per heavy atom. The molecule has 0 saturated carbocycles. The predicted octanol–water partition coefficient (Wildman–Crippen LogP) is 2.09. The summed E-state index contributed by atoms with van der Waals surface area (Å²) in [5.74, 6) is -0.900. The van der Waals surface area contributed by atoms with E-state index in [-0.39, 0.29) is 24.5 Å². The Morgan fingerprint density at radius 3 is 2.20 bits per heavy atom. The topological polar surface area (TPSA) is 78.9 Å². The van der Waals surface area contributed by atoms with E-state index in [1.165, 1.54) is 0 Å². The van der Waals surface area contributed by atoms with Crippen molar-refractivity contribution < 1.29 is 19.4 Å². The zero-order chi connectivity index (χ0) is 15.5. The smallest absolute Gasteiger partial charge is 0.317 e. The van der Waals surface area contributed by atoms with Crippen LogP contribution in [0.25, 0.3) is 0 Å². The van der Waals surface area contributed by atoms with Gasteiger partial charge in [-0.05, 0) is 19.3 Å². The van der Waals surface area contributed by atoms with Crippen LogP contribution in [0.2, 0.25) is 0 Å². The molecule has 0 fully saturated rings. The van der Waals surface area contributed by atoms with Gasteiger partial charge >= 0.3 is 12.0 Å². The van der Waals surface area contributed by atoms with Crippen LogP contribution in [0.15, 0.2) is 0 Å². The van der Waals surface area contributed by atoms with E-state index in [1.807, 2.05) is 20.8 Å². The molecule has 6 nitrogen and oxygen atoms in total. The van der Waals surface area contributed by atoms with Crippen LogP contribution in [0.3, 0.4) is 0 Å². The third-order valence-corrected chi connectivity index (χ3v) is 3.42. The van der Waals surface area contributed by atoms with Crippen LogP contribution in [0.5, 0.6) is 0 Å². The lowest BCUT2D eigenvalue weighted by molar-refractivity contribution is -0.137. The SMILES string of the molecule is CCC(CC(=O)O)NC(=O)N(CCOC)C(CC)CC. The van der Waals surface area contributed by atoms with Crippen LogP contribution in [0.4, 0.5) is 4.79 Å². The maximum absolute atomic E-state index is 12.3. The molecule has 6 heteroatoms. The Labute approximate surface area is 121 Å². The molecule has 0 aliphatic carbocycles. The molecule has 0 aliphatic rings. The normalized spacial score (nSPS) is 12.2. The third kappa shape index (κ3) is 6.75. The number of carbonyl (C=O) groups excluding carboxylic acids is 1. The molecular formula is C14H28N2O4. The minimum absolute atomic E-state index is 0.0523. The number of amides is 2. The van der Waals surface area contributed by atoms with Crippen LogP contribution in [0, 0.1) is 0 Å². The van der Waals surface area contributed by atoms with Crippen molar-refractivity contribution in [3.63, 3.8) is 0 Å². The predicted molar refractivity (Wildman–Crippen MR) is 77.8 cm³/mol. The van der Waals surface area contributed by atoms with Gasteiger partial charge in [-0.3, -0.25) is 4.79 Å². The first-order chi connectivity index (χ1) is 9.49. The lowest BCUT2D eigenvalue weighted by Crippen LogP contribution is -2.50. The fourth-order valence-corrected chi connectivity index (χ4v) is 2.13. The Bertz CT molecular complexity index is 293. The largest absolute Gasteiger partial charge is 0.481 e. The lowest BCUT2D eigenvalue weighted by atomic mass is 10.1. The maximum atomic E-state index is 12.3. The number of rotatable bonds is 10. The highest BCUT2D eigenvalue weighted by Crippen LogP contribution is 2.10. The van der Waals surface area contributed by atoms with Gasteiger partial charge in [-0.2, -0.15) is 0 Å². The summed E-state index contributed by atoms with van der Waals surface area (Å²) in [5, 5.41) is 11.6. The number of methoxy groups -OCH3 is 1. The highest BCUT2D eigenvalue weighted by molar-refractivity contribution is 5.76. The van der Waals surface area contributed by atoms with Gasteiger partial charge in [-0.1, -0.05) is 20.8 Å². The molecular weight excluding hydrogens is 260 g/mol. The number of carboxylic acid groups (broad SMARTS) is 1. The molecule has 0 radical (unpaired) electrons. The van der Waals surface area contributed by atoms with Gasteiger partial charge in [0.15, 0.2) is 0 Å². The molecule has 0 saturated heterocycles. The van der Waals surface area contributed by atoms with Crippen molar-refractivity contribution in [3.8, 4) is 0 Å². The standard InChI is InChI=1S/C14H28N2O4/c1-5-11(10-13(17)18)15-14(19)16(8-9-20-4)12(6-2)7-3/h11-12H,5-10H2,1-4H3,(H,15,19)(H,17,18). The number of ether oxygens (including phenoxy) is 1. The van der Waals surface area contributed by atoms with Gasteiger partial charge in [-0.25, -0.2) is 4.79 Å². The zero-order valence-electron chi connectivity index (χ0n) is 13.0. The summed E-state index contributed by atoms with van der Waals surface area (Å²) in [5.41, 5.74) is 0. The summed E-state index contributed by atoms with van der Waals surface area (Å²) in [6, 6.07) is -0.393. The average molecular weight is 288 g/mol. The number of carbonyl (C=O) groups is 2. The van der Waals surface area contributed by atoms with Crippen LogP contribution in [0.1, 0.15) is 46.5 Å². The Balaban J connectivity index is 4.70. The number of nitrogens with one attached hydrogen (secondary N) is 1. The van der Waals surface area contributed by atoms with Crippen molar-refractivity contribution in [2.45, 2.75) is 58.5 Å². The highest BCUT2D eigenvalue weighted by Gasteiger charge is 2.23. The van der Waals surface area contributed by atoms with Crippen molar-refractivity contribution in [1.82, 2.24) is 10.2 Å². The molecule has 0 aromatic heterocycles. The maximum Gasteiger partial charge on any atom is 0.317 e. The monoisotopic (exact) mass is 288 g/mol. The van der Waals surface area contributed by atoms with E-state index in [4.69, 9.17) is 9.84 Å². The van der Waals surface area contributed by atoms with E-state index in [9.17, 15) is 9.59 Å². The molecule has 20 heavy (non-hydrogen) atoms. The lowest BCUT2D eigenvalue weighted by Gasteiger charge is -2.32. The van der Waals surface area contributed by atoms with Gasteiger partial charge in [0.05, 0.1) is 13.0 Å². The number of hydrogen-bond acceptors (Lipinski definition) is 3. The molecule has 0 aromatic carbocycles. The Kier molecular flexibility index (Phi) is 9.80. The van der Waals surface area contributed by atoms with E-state index < -0.39 is 5.97 Å². The van der Waals surface area contributed by atoms with Gasteiger partial charge in [0.2, 0.25) is 0 Å². The summed E-state index contributed by atoms with van der Waals surface area (Å²) in [4.78, 5) is 24.8. The summed E-state index contributed by atoms with van der Waals surface area (Å²) < 4.78 is 5.04. The number of nitrogens with zero attached hydrogens (tertiary/aromatic N) is 1. The van der Waals surface area contributed by atoms with E-state index >= 15 is 0 Å². The first-order valence-electron chi connectivity index (χ1n) is 7.27. The van der Waals surface area contributed by atoms with Gasteiger partial charge in [0.25, 0.3) is 0 Å². The molecule has 0 rings (SSSR count). The second-order valence-corrected chi connectivity index (χ2v) is 4.81. The molecule has 0 bridgehead atoms. The number of carboxylic acids is 1. The van der Waals surface area contributed by atoms with Crippen molar-refractivity contribution in [2.24, 2.45) is 0 Å². The molecule has 0 spiro atoms. The van der Waals surface area contributed by atoms with Gasteiger partial charge in [-0.15, -0.1) is 0 Å². The second kappa shape index (κ2) is 10.5. The molecule has 2 N–H and O–H groups in total. The van der Waals surface area contributed by atoms with Gasteiger partial charge in [0, 0.05) is 25.7 Å². The Morgan fingerprint density at radius 1 is 1.20 bits per heavy atom. The van der Waals surface area contributed by atoms with E-state index in [2.05, 4.69) is 5.32 Å². The zero-order valence-corrected chi connectivity index (χ0v) is 13.0. The van der Waals surface area contributed by atoms with Gasteiger partial charge in [0.1, 0.15) is 0 Å². The first kappa shape index (κ1) is 18.7. The van der Waals surface area contributed by atoms with Gasteiger partial charge < -0.3 is 20.1 Å². The quantitative estimate of drug-likeness (QED) is 0.645. The van der Waals surface area contributed by atoms with E-state index in [0.717, 1.165) is 12.8 Å². The molecule has 0 aromatic rings. The number of urea groups is 1. The second-order valence-electron chi connectivity index (χ2n) is 4.81. The highest BCUT2D eigenvalue weighted by atomic mass is 16.5. The van der Waals surface area contributed by atoms with Crippen molar-refractivity contribution in [1.29, 1.82) is 0 Å². The summed E-state index contributed by atoms with van der Waals surface area (Å²) in [7, 11) is 1.60. The third-order valence-electron chi connectivity index (χ3n) is 3.42. The van der Waals surface area contributed by atoms with E-state index in [0.29, 0.717) is 19.6 Å². The summed E-state index contributed by atoms with van der Waals surface area (Å²) in [6.45, 7) is 6.92. The van der Waals surface area contributed by atoms with Crippen LogP contribution in [-0.4, -0.2) is 54.4 Å². The molecule has 0 aliphatic heterocycles. The molecule has 118 valence electrons.